The highest BCUT2D eigenvalue weighted by Gasteiger charge is 2.34. The van der Waals surface area contributed by atoms with Crippen LogP contribution in [0.25, 0.3) is 6.08 Å². The number of amides is 2. The molecule has 0 aliphatic carbocycles. The van der Waals surface area contributed by atoms with Crippen LogP contribution in [0.15, 0.2) is 35.2 Å². The first-order chi connectivity index (χ1) is 8.22. The number of carbonyl (C=O) groups excluding carboxylic acids is 2. The van der Waals surface area contributed by atoms with E-state index in [1.54, 1.807) is 6.08 Å². The molecule has 88 valence electrons. The van der Waals surface area contributed by atoms with Crippen LogP contribution in [-0.2, 0) is 4.79 Å². The Morgan fingerprint density at radius 2 is 1.94 bits per heavy atom. The fraction of sp³-hybridized carbons (Fsp3) is 0.231. The van der Waals surface area contributed by atoms with E-state index in [1.165, 1.54) is 4.90 Å². The Morgan fingerprint density at radius 1 is 1.24 bits per heavy atom. The molecule has 1 aromatic carbocycles. The van der Waals surface area contributed by atoms with E-state index in [0.29, 0.717) is 11.4 Å². The quantitative estimate of drug-likeness (QED) is 0.770. The maximum absolute atomic E-state index is 11.9. The number of carbonyl (C=O) groups is 2. The highest BCUT2D eigenvalue weighted by Crippen LogP contribution is 2.32. The molecule has 0 radical (unpaired) electrons. The van der Waals surface area contributed by atoms with Crippen molar-refractivity contribution in [2.75, 3.05) is 6.54 Å². The fourth-order valence-electron chi connectivity index (χ4n) is 1.62. The second kappa shape index (κ2) is 5.19. The monoisotopic (exact) mass is 247 g/mol. The van der Waals surface area contributed by atoms with Gasteiger partial charge in [0.25, 0.3) is 11.1 Å². The van der Waals surface area contributed by atoms with E-state index in [-0.39, 0.29) is 11.1 Å². The van der Waals surface area contributed by atoms with Gasteiger partial charge in [0.15, 0.2) is 0 Å². The van der Waals surface area contributed by atoms with Crippen molar-refractivity contribution in [2.45, 2.75) is 13.3 Å². The van der Waals surface area contributed by atoms with Crippen LogP contribution in [0.2, 0.25) is 0 Å². The van der Waals surface area contributed by atoms with E-state index >= 15 is 0 Å². The van der Waals surface area contributed by atoms with Crippen molar-refractivity contribution in [1.29, 1.82) is 0 Å². The van der Waals surface area contributed by atoms with E-state index < -0.39 is 0 Å². The largest absolute Gasteiger partial charge is 0.293 e. The maximum atomic E-state index is 11.9. The predicted octanol–water partition coefficient (Wildman–Crippen LogP) is 3.13. The molecule has 1 aliphatic heterocycles. The van der Waals surface area contributed by atoms with Crippen LogP contribution < -0.4 is 0 Å². The summed E-state index contributed by atoms with van der Waals surface area (Å²) in [7, 11) is 0. The molecule has 1 heterocycles. The normalized spacial score (nSPS) is 18.2. The van der Waals surface area contributed by atoms with Crippen molar-refractivity contribution in [1.82, 2.24) is 4.90 Å². The summed E-state index contributed by atoms with van der Waals surface area (Å²) in [5.74, 6) is -0.175. The molecule has 0 unspecified atom stereocenters. The molecule has 0 aromatic heterocycles. The summed E-state index contributed by atoms with van der Waals surface area (Å²) in [6.45, 7) is 2.45. The van der Waals surface area contributed by atoms with Gasteiger partial charge in [-0.3, -0.25) is 14.5 Å². The smallest absolute Gasteiger partial charge is 0.268 e. The zero-order valence-corrected chi connectivity index (χ0v) is 10.4. The Morgan fingerprint density at radius 3 is 2.59 bits per heavy atom. The van der Waals surface area contributed by atoms with Gasteiger partial charge in [0, 0.05) is 6.54 Å². The van der Waals surface area contributed by atoms with Crippen molar-refractivity contribution < 1.29 is 9.59 Å². The van der Waals surface area contributed by atoms with Crippen molar-refractivity contribution in [3.8, 4) is 0 Å². The molecule has 1 saturated heterocycles. The lowest BCUT2D eigenvalue weighted by Gasteiger charge is -2.09. The van der Waals surface area contributed by atoms with Crippen LogP contribution >= 0.6 is 11.8 Å². The molecule has 0 saturated carbocycles. The Balaban J connectivity index is 2.22. The third-order valence-electron chi connectivity index (χ3n) is 2.42. The van der Waals surface area contributed by atoms with Crippen LogP contribution in [-0.4, -0.2) is 22.6 Å². The van der Waals surface area contributed by atoms with E-state index in [4.69, 9.17) is 0 Å². The van der Waals surface area contributed by atoms with E-state index in [0.717, 1.165) is 23.7 Å². The molecule has 0 atom stereocenters. The summed E-state index contributed by atoms with van der Waals surface area (Å²) in [6, 6.07) is 9.55. The Hall–Kier alpha value is -1.55. The second-order valence-corrected chi connectivity index (χ2v) is 4.74. The van der Waals surface area contributed by atoms with Gasteiger partial charge in [0.2, 0.25) is 0 Å². The summed E-state index contributed by atoms with van der Waals surface area (Å²) in [4.78, 5) is 25.3. The third-order valence-corrected chi connectivity index (χ3v) is 3.33. The van der Waals surface area contributed by atoms with Gasteiger partial charge in [-0.15, -0.1) is 0 Å². The van der Waals surface area contributed by atoms with E-state index in [1.807, 2.05) is 37.3 Å². The molecule has 17 heavy (non-hydrogen) atoms. The average molecular weight is 247 g/mol. The van der Waals surface area contributed by atoms with Crippen LogP contribution in [0, 0.1) is 0 Å². The topological polar surface area (TPSA) is 37.4 Å². The van der Waals surface area contributed by atoms with Crippen LogP contribution in [0.4, 0.5) is 4.79 Å². The van der Waals surface area contributed by atoms with Gasteiger partial charge in [-0.25, -0.2) is 0 Å². The van der Waals surface area contributed by atoms with Crippen molar-refractivity contribution in [2.24, 2.45) is 0 Å². The van der Waals surface area contributed by atoms with Crippen LogP contribution in [0.1, 0.15) is 18.9 Å². The van der Waals surface area contributed by atoms with Crippen molar-refractivity contribution >= 4 is 29.0 Å². The number of imide groups is 1. The number of rotatable bonds is 3. The van der Waals surface area contributed by atoms with Gasteiger partial charge in [0.1, 0.15) is 0 Å². The zero-order chi connectivity index (χ0) is 12.3. The number of hydrogen-bond acceptors (Lipinski definition) is 3. The molecule has 0 N–H and O–H groups in total. The number of thioether (sulfide) groups is 1. The van der Waals surface area contributed by atoms with Gasteiger partial charge in [-0.05, 0) is 29.8 Å². The minimum atomic E-state index is -0.175. The van der Waals surface area contributed by atoms with E-state index in [2.05, 4.69) is 0 Å². The van der Waals surface area contributed by atoms with Gasteiger partial charge >= 0.3 is 0 Å². The third kappa shape index (κ3) is 2.58. The zero-order valence-electron chi connectivity index (χ0n) is 9.55. The SMILES string of the molecule is CCCN1C(=O)S/C(=C/c2ccccc2)C1=O. The van der Waals surface area contributed by atoms with Crippen molar-refractivity contribution in [3.05, 3.63) is 40.8 Å². The standard InChI is InChI=1S/C13H13NO2S/c1-2-8-14-12(15)11(17-13(14)16)9-10-6-4-3-5-7-10/h3-7,9H,2,8H2,1H3/b11-9+. The molecule has 4 heteroatoms. The summed E-state index contributed by atoms with van der Waals surface area (Å²) < 4.78 is 0. The number of hydrogen-bond donors (Lipinski definition) is 0. The fourth-order valence-corrected chi connectivity index (χ4v) is 2.48. The van der Waals surface area contributed by atoms with Crippen LogP contribution in [0.5, 0.6) is 0 Å². The first kappa shape index (κ1) is 11.9. The van der Waals surface area contributed by atoms with Crippen LogP contribution in [0.3, 0.4) is 0 Å². The van der Waals surface area contributed by atoms with Gasteiger partial charge in [0.05, 0.1) is 4.91 Å². The van der Waals surface area contributed by atoms with Gasteiger partial charge in [-0.2, -0.15) is 0 Å². The molecule has 1 fully saturated rings. The summed E-state index contributed by atoms with van der Waals surface area (Å²) in [5.41, 5.74) is 0.939. The summed E-state index contributed by atoms with van der Waals surface area (Å²) in [5, 5.41) is -0.168. The minimum Gasteiger partial charge on any atom is -0.268 e. The lowest BCUT2D eigenvalue weighted by atomic mass is 10.2. The molecule has 0 bridgehead atoms. The molecule has 1 aromatic rings. The molecule has 2 amide bonds. The number of benzene rings is 1. The van der Waals surface area contributed by atoms with Gasteiger partial charge < -0.3 is 0 Å². The molecular formula is C13H13NO2S. The van der Waals surface area contributed by atoms with Gasteiger partial charge in [-0.1, -0.05) is 37.3 Å². The number of nitrogens with zero attached hydrogens (tertiary/aromatic N) is 1. The summed E-state index contributed by atoms with van der Waals surface area (Å²) >= 11 is 1.02. The lowest BCUT2D eigenvalue weighted by Crippen LogP contribution is -2.28. The predicted molar refractivity (Wildman–Crippen MR) is 69.4 cm³/mol. The van der Waals surface area contributed by atoms with E-state index in [9.17, 15) is 9.59 Å². The highest BCUT2D eigenvalue weighted by molar-refractivity contribution is 8.18. The molecule has 1 aliphatic rings. The first-order valence-corrected chi connectivity index (χ1v) is 6.34. The molecule has 3 nitrogen and oxygen atoms in total. The Labute approximate surface area is 104 Å². The Bertz CT molecular complexity index is 468. The average Bonchev–Trinajstić information content (AvgIpc) is 2.59. The molecular weight excluding hydrogens is 234 g/mol. The first-order valence-electron chi connectivity index (χ1n) is 5.53. The highest BCUT2D eigenvalue weighted by atomic mass is 32.2. The maximum Gasteiger partial charge on any atom is 0.293 e. The molecule has 2 rings (SSSR count). The Kier molecular flexibility index (Phi) is 3.64. The minimum absolute atomic E-state index is 0.168. The lowest BCUT2D eigenvalue weighted by molar-refractivity contribution is -0.122. The summed E-state index contributed by atoms with van der Waals surface area (Å²) in [6.07, 6.45) is 2.55. The molecule has 0 spiro atoms. The van der Waals surface area contributed by atoms with Crippen molar-refractivity contribution in [3.63, 3.8) is 0 Å². The second-order valence-electron chi connectivity index (χ2n) is 3.74.